The van der Waals surface area contributed by atoms with Crippen molar-refractivity contribution in [2.24, 2.45) is 5.92 Å². The van der Waals surface area contributed by atoms with E-state index in [2.05, 4.69) is 22.0 Å². The van der Waals surface area contributed by atoms with Gasteiger partial charge in [-0.1, -0.05) is 60.7 Å². The number of fused-ring (bicyclic) bond motifs is 1. The molecule has 39 heavy (non-hydrogen) atoms. The van der Waals surface area contributed by atoms with Gasteiger partial charge in [-0.3, -0.25) is 14.3 Å². The molecule has 204 valence electrons. The Kier molecular flexibility index (Phi) is 9.14. The molecule has 1 unspecified atom stereocenters. The van der Waals surface area contributed by atoms with Crippen molar-refractivity contribution in [3.05, 3.63) is 96.3 Å². The van der Waals surface area contributed by atoms with Gasteiger partial charge in [0, 0.05) is 25.8 Å². The molecule has 0 fully saturated rings. The zero-order chi connectivity index (χ0) is 27.8. The summed E-state index contributed by atoms with van der Waals surface area (Å²) < 4.78 is 30.2. The summed E-state index contributed by atoms with van der Waals surface area (Å²) in [6.07, 6.45) is 5.30. The zero-order valence-corrected chi connectivity index (χ0v) is 23.1. The van der Waals surface area contributed by atoms with E-state index in [1.807, 2.05) is 56.4 Å². The molecule has 0 bridgehead atoms. The molecule has 1 aromatic heterocycles. The lowest BCUT2D eigenvalue weighted by atomic mass is 9.99. The van der Waals surface area contributed by atoms with E-state index in [4.69, 9.17) is 0 Å². The molecule has 0 aliphatic carbocycles. The molecule has 4 rings (SSSR count). The molecule has 0 aliphatic heterocycles. The van der Waals surface area contributed by atoms with Gasteiger partial charge in [0.1, 0.15) is 5.92 Å². The Balaban J connectivity index is 1.49. The van der Waals surface area contributed by atoms with Gasteiger partial charge < -0.3 is 4.90 Å². The van der Waals surface area contributed by atoms with E-state index in [9.17, 15) is 18.0 Å². The SMILES string of the molecule is CCN(CC)C(=O)C(Cc1cnn(CCCc2ccccc2)c1)C(=O)NS(=O)(=O)c1ccc2ccccc2c1. The van der Waals surface area contributed by atoms with E-state index in [1.54, 1.807) is 23.0 Å². The molecular weight excluding hydrogens is 512 g/mol. The highest BCUT2D eigenvalue weighted by atomic mass is 32.2. The maximum atomic E-state index is 13.3. The predicted molar refractivity (Wildman–Crippen MR) is 151 cm³/mol. The average molecular weight is 547 g/mol. The van der Waals surface area contributed by atoms with Crippen LogP contribution in [0.3, 0.4) is 0 Å². The number of amides is 2. The third-order valence-corrected chi connectivity index (χ3v) is 8.12. The molecule has 1 heterocycles. The molecule has 8 nitrogen and oxygen atoms in total. The van der Waals surface area contributed by atoms with Gasteiger partial charge in [-0.25, -0.2) is 13.1 Å². The van der Waals surface area contributed by atoms with Gasteiger partial charge >= 0.3 is 0 Å². The van der Waals surface area contributed by atoms with Crippen LogP contribution >= 0.6 is 0 Å². The van der Waals surface area contributed by atoms with Crippen LogP contribution in [-0.2, 0) is 39.0 Å². The lowest BCUT2D eigenvalue weighted by Crippen LogP contribution is -2.46. The second kappa shape index (κ2) is 12.7. The first-order valence-corrected chi connectivity index (χ1v) is 14.7. The Morgan fingerprint density at radius 2 is 1.62 bits per heavy atom. The minimum atomic E-state index is -4.19. The molecule has 4 aromatic rings. The fourth-order valence-corrected chi connectivity index (χ4v) is 5.66. The van der Waals surface area contributed by atoms with Gasteiger partial charge in [0.25, 0.3) is 10.0 Å². The summed E-state index contributed by atoms with van der Waals surface area (Å²) in [6.45, 7) is 5.16. The first-order valence-electron chi connectivity index (χ1n) is 13.2. The van der Waals surface area contributed by atoms with Crippen molar-refractivity contribution in [3.63, 3.8) is 0 Å². The van der Waals surface area contributed by atoms with E-state index in [1.165, 1.54) is 22.6 Å². The molecule has 9 heteroatoms. The fraction of sp³-hybridized carbons (Fsp3) is 0.300. The summed E-state index contributed by atoms with van der Waals surface area (Å²) >= 11 is 0. The van der Waals surface area contributed by atoms with Gasteiger partial charge in [0.05, 0.1) is 11.1 Å². The van der Waals surface area contributed by atoms with Crippen LogP contribution in [0, 0.1) is 5.92 Å². The van der Waals surface area contributed by atoms with Crippen molar-refractivity contribution in [3.8, 4) is 0 Å². The van der Waals surface area contributed by atoms with E-state index < -0.39 is 27.8 Å². The average Bonchev–Trinajstić information content (AvgIpc) is 3.39. The number of hydrogen-bond acceptors (Lipinski definition) is 5. The Hall–Kier alpha value is -3.98. The number of carbonyl (C=O) groups excluding carboxylic acids is 2. The minimum Gasteiger partial charge on any atom is -0.343 e. The lowest BCUT2D eigenvalue weighted by Gasteiger charge is -2.24. The Morgan fingerprint density at radius 3 is 2.33 bits per heavy atom. The number of aryl methyl sites for hydroxylation is 2. The summed E-state index contributed by atoms with van der Waals surface area (Å²) in [6, 6.07) is 22.2. The number of nitrogens with zero attached hydrogens (tertiary/aromatic N) is 3. The van der Waals surface area contributed by atoms with Crippen LogP contribution in [0.2, 0.25) is 0 Å². The summed E-state index contributed by atoms with van der Waals surface area (Å²) in [4.78, 5) is 28.2. The van der Waals surface area contributed by atoms with Crippen LogP contribution in [0.4, 0.5) is 0 Å². The largest absolute Gasteiger partial charge is 0.343 e. The second-order valence-electron chi connectivity index (χ2n) is 9.45. The highest BCUT2D eigenvalue weighted by Crippen LogP contribution is 2.20. The molecule has 0 saturated carbocycles. The van der Waals surface area contributed by atoms with Crippen molar-refractivity contribution >= 4 is 32.6 Å². The number of nitrogens with one attached hydrogen (secondary N) is 1. The summed E-state index contributed by atoms with van der Waals surface area (Å²) in [5, 5.41) is 6.02. The van der Waals surface area contributed by atoms with E-state index in [-0.39, 0.29) is 11.3 Å². The van der Waals surface area contributed by atoms with Gasteiger partial charge in [-0.15, -0.1) is 0 Å². The van der Waals surface area contributed by atoms with Crippen molar-refractivity contribution in [2.75, 3.05) is 13.1 Å². The van der Waals surface area contributed by atoms with E-state index >= 15 is 0 Å². The van der Waals surface area contributed by atoms with Crippen LogP contribution in [0.25, 0.3) is 10.8 Å². The topological polar surface area (TPSA) is 101 Å². The van der Waals surface area contributed by atoms with E-state index in [0.29, 0.717) is 25.2 Å². The summed E-state index contributed by atoms with van der Waals surface area (Å²) in [5.74, 6) is -2.47. The monoisotopic (exact) mass is 546 g/mol. The first-order chi connectivity index (χ1) is 18.8. The molecule has 0 saturated heterocycles. The highest BCUT2D eigenvalue weighted by Gasteiger charge is 2.33. The van der Waals surface area contributed by atoms with Crippen LogP contribution in [0.15, 0.2) is 90.1 Å². The number of rotatable bonds is 12. The Bertz CT molecular complexity index is 1530. The molecule has 0 radical (unpaired) electrons. The van der Waals surface area contributed by atoms with Crippen molar-refractivity contribution < 1.29 is 18.0 Å². The van der Waals surface area contributed by atoms with Crippen LogP contribution in [0.1, 0.15) is 31.4 Å². The standard InChI is InChI=1S/C30H34N4O4S/c1-3-33(4-2)30(36)28(19-24-21-31-34(22-24)18-10-13-23-11-6-5-7-12-23)29(35)32-39(37,38)27-17-16-25-14-8-9-15-26(25)20-27/h5-9,11-12,14-17,20-22,28H,3-4,10,13,18-19H2,1-2H3,(H,32,35). The van der Waals surface area contributed by atoms with Crippen LogP contribution in [0.5, 0.6) is 0 Å². The molecule has 1 N–H and O–H groups in total. The van der Waals surface area contributed by atoms with Crippen LogP contribution < -0.4 is 4.72 Å². The molecule has 3 aromatic carbocycles. The Morgan fingerprint density at radius 1 is 0.923 bits per heavy atom. The Labute approximate surface area is 229 Å². The zero-order valence-electron chi connectivity index (χ0n) is 22.3. The quantitative estimate of drug-likeness (QED) is 0.269. The third-order valence-electron chi connectivity index (χ3n) is 6.78. The molecule has 0 aliphatic rings. The number of sulfonamides is 1. The first kappa shape index (κ1) is 28.0. The van der Waals surface area contributed by atoms with Gasteiger partial charge in [0.15, 0.2) is 0 Å². The number of benzene rings is 3. The van der Waals surface area contributed by atoms with Gasteiger partial charge in [-0.2, -0.15) is 5.10 Å². The minimum absolute atomic E-state index is 0.0326. The second-order valence-corrected chi connectivity index (χ2v) is 11.1. The van der Waals surface area contributed by atoms with Crippen molar-refractivity contribution in [1.29, 1.82) is 0 Å². The molecule has 0 spiro atoms. The number of hydrogen-bond donors (Lipinski definition) is 1. The van der Waals surface area contributed by atoms with Gasteiger partial charge in [0.2, 0.25) is 11.8 Å². The van der Waals surface area contributed by atoms with Crippen molar-refractivity contribution in [2.45, 2.75) is 44.6 Å². The highest BCUT2D eigenvalue weighted by molar-refractivity contribution is 7.90. The predicted octanol–water partition coefficient (Wildman–Crippen LogP) is 4.20. The normalized spacial score (nSPS) is 12.3. The smallest absolute Gasteiger partial charge is 0.264 e. The number of carbonyl (C=O) groups is 2. The van der Waals surface area contributed by atoms with Crippen LogP contribution in [-0.4, -0.2) is 48.0 Å². The molecular formula is C30H34N4O4S. The summed E-state index contributed by atoms with van der Waals surface area (Å²) in [5.41, 5.74) is 1.94. The van der Waals surface area contributed by atoms with E-state index in [0.717, 1.165) is 23.6 Å². The fourth-order valence-electron chi connectivity index (χ4n) is 4.60. The summed E-state index contributed by atoms with van der Waals surface area (Å²) in [7, 11) is -4.19. The molecule has 1 atom stereocenters. The lowest BCUT2D eigenvalue weighted by molar-refractivity contribution is -0.141. The maximum absolute atomic E-state index is 13.3. The number of aromatic nitrogens is 2. The molecule has 2 amide bonds. The van der Waals surface area contributed by atoms with Gasteiger partial charge in [-0.05, 0) is 67.1 Å². The maximum Gasteiger partial charge on any atom is 0.264 e. The third kappa shape index (κ3) is 7.11. The van der Waals surface area contributed by atoms with Crippen molar-refractivity contribution in [1.82, 2.24) is 19.4 Å².